The highest BCUT2D eigenvalue weighted by Crippen LogP contribution is 2.50. The van der Waals surface area contributed by atoms with Gasteiger partial charge in [0.25, 0.3) is 0 Å². The van der Waals surface area contributed by atoms with Crippen LogP contribution in [0.3, 0.4) is 0 Å². The molecule has 9 nitrogen and oxygen atoms in total. The van der Waals surface area contributed by atoms with Crippen LogP contribution in [0.25, 0.3) is 44.2 Å². The number of benzene rings is 2. The number of hydrogen-bond donors (Lipinski definition) is 2. The Balaban J connectivity index is 1.06. The maximum atomic E-state index is 16.0. The number of unbranched alkanes of at least 4 members (excludes halogenated alkanes) is 2. The molecule has 6 aromatic rings. The number of hydrogen-bond acceptors (Lipinski definition) is 7. The fourth-order valence-corrected chi connectivity index (χ4v) is 11.7. The first-order valence-electron chi connectivity index (χ1n) is 16.2. The molecule has 4 aromatic heterocycles. The van der Waals surface area contributed by atoms with Crippen LogP contribution < -0.4 is 0 Å². The molecule has 0 bridgehead atoms. The molecule has 0 atom stereocenters. The van der Waals surface area contributed by atoms with E-state index in [0.717, 1.165) is 22.7 Å². The average molecular weight is 902 g/mol. The van der Waals surface area contributed by atoms with Gasteiger partial charge in [0.15, 0.2) is 0 Å². The highest BCUT2D eigenvalue weighted by Gasteiger charge is 2.35. The van der Waals surface area contributed by atoms with Crippen LogP contribution in [0.2, 0.25) is 20.1 Å². The standard InChI is InChI=1S/C36H23Cl4F2N3O6S4/c37-19-6-8-28(24(39)14-19)44-16-23(21-10-17-12-30(54(46,47)48)52-35(17)33(21)44)26(41)4-2-1-3-5-27(42)32-22-11-18-13-31(55(49,50)51)53-36(18)34(22)45(43-32)29-9-7-20(38)15-25(29)40/h4-9,12-16H,1-3,10-11H2,(H,46,47,48)(H,49,50,51)/b26-4-,27-5-. The van der Waals surface area contributed by atoms with Crippen LogP contribution in [-0.2, 0) is 33.1 Å². The number of nitrogens with zero attached hydrogens (tertiary/aromatic N) is 3. The Morgan fingerprint density at radius 3 is 1.84 bits per heavy atom. The van der Waals surface area contributed by atoms with Crippen molar-refractivity contribution in [1.29, 1.82) is 0 Å². The lowest BCUT2D eigenvalue weighted by molar-refractivity contribution is 0.483. The van der Waals surface area contributed by atoms with Gasteiger partial charge >= 0.3 is 20.2 Å². The van der Waals surface area contributed by atoms with Gasteiger partial charge in [-0.15, -0.1) is 22.7 Å². The van der Waals surface area contributed by atoms with E-state index >= 15 is 8.78 Å². The summed E-state index contributed by atoms with van der Waals surface area (Å²) in [6.07, 6.45) is 5.59. The first-order valence-corrected chi connectivity index (χ1v) is 22.2. The zero-order valence-electron chi connectivity index (χ0n) is 27.7. The van der Waals surface area contributed by atoms with E-state index in [1.54, 1.807) is 41.1 Å². The predicted octanol–water partition coefficient (Wildman–Crippen LogP) is 11.5. The van der Waals surface area contributed by atoms with Crippen molar-refractivity contribution in [2.45, 2.75) is 40.5 Å². The summed E-state index contributed by atoms with van der Waals surface area (Å²) in [6, 6.07) is 12.3. The summed E-state index contributed by atoms with van der Waals surface area (Å²) in [5.74, 6) is -1.15. The van der Waals surface area contributed by atoms with E-state index in [2.05, 4.69) is 5.10 Å². The Bertz CT molecular complexity index is 2700. The lowest BCUT2D eigenvalue weighted by Gasteiger charge is -2.10. The van der Waals surface area contributed by atoms with Crippen molar-refractivity contribution in [3.8, 4) is 32.5 Å². The van der Waals surface area contributed by atoms with Crippen molar-refractivity contribution in [3.05, 3.63) is 120 Å². The van der Waals surface area contributed by atoms with Gasteiger partial charge in [-0.25, -0.2) is 13.5 Å². The Labute approximate surface area is 341 Å². The highest BCUT2D eigenvalue weighted by atomic mass is 35.5. The number of allylic oxidation sites excluding steroid dienone is 2. The molecule has 55 heavy (non-hydrogen) atoms. The van der Waals surface area contributed by atoms with E-state index in [1.165, 1.54) is 35.0 Å². The Morgan fingerprint density at radius 2 is 1.27 bits per heavy atom. The van der Waals surface area contributed by atoms with Crippen molar-refractivity contribution in [2.75, 3.05) is 0 Å². The van der Waals surface area contributed by atoms with Gasteiger partial charge in [0, 0.05) is 40.2 Å². The summed E-state index contributed by atoms with van der Waals surface area (Å²) in [5.41, 5.74) is 4.57. The summed E-state index contributed by atoms with van der Waals surface area (Å²) >= 11 is 27.0. The van der Waals surface area contributed by atoms with Gasteiger partial charge in [-0.1, -0.05) is 46.4 Å². The van der Waals surface area contributed by atoms with Crippen LogP contribution in [0, 0.1) is 0 Å². The number of fused-ring (bicyclic) bond motifs is 6. The normalized spacial score (nSPS) is 14.0. The molecule has 0 unspecified atom stereocenters. The number of halogens is 6. The summed E-state index contributed by atoms with van der Waals surface area (Å²) in [6.45, 7) is 0. The Hall–Kier alpha value is -3.35. The second kappa shape index (κ2) is 14.2. The Morgan fingerprint density at radius 1 is 0.745 bits per heavy atom. The third kappa shape index (κ3) is 7.02. The average Bonchev–Trinajstić information content (AvgIpc) is 3.92. The zero-order valence-corrected chi connectivity index (χ0v) is 33.9. The van der Waals surface area contributed by atoms with Crippen molar-refractivity contribution in [1.82, 2.24) is 14.3 Å². The smallest absolute Gasteiger partial charge is 0.304 e. The van der Waals surface area contributed by atoms with Crippen molar-refractivity contribution in [3.63, 3.8) is 0 Å². The van der Waals surface area contributed by atoms with Crippen LogP contribution >= 0.6 is 69.1 Å². The van der Waals surface area contributed by atoms with Crippen LogP contribution in [0.15, 0.2) is 75.3 Å². The molecule has 0 radical (unpaired) electrons. The van der Waals surface area contributed by atoms with E-state index in [1.807, 2.05) is 0 Å². The van der Waals surface area contributed by atoms with Gasteiger partial charge in [0.1, 0.15) is 25.8 Å². The van der Waals surface area contributed by atoms with Gasteiger partial charge in [-0.2, -0.15) is 21.9 Å². The van der Waals surface area contributed by atoms with Crippen LogP contribution in [0.1, 0.15) is 52.8 Å². The van der Waals surface area contributed by atoms with Crippen molar-refractivity contribution >= 4 is 101 Å². The summed E-state index contributed by atoms with van der Waals surface area (Å²) in [5, 5.41) is 5.83. The maximum Gasteiger partial charge on any atom is 0.304 e. The molecule has 4 heterocycles. The summed E-state index contributed by atoms with van der Waals surface area (Å²) < 4.78 is 101. The minimum Gasteiger partial charge on any atom is -0.313 e. The van der Waals surface area contributed by atoms with Gasteiger partial charge in [-0.05, 0) is 96.6 Å². The molecule has 0 saturated carbocycles. The molecular weight excluding hydrogens is 878 g/mol. The summed E-state index contributed by atoms with van der Waals surface area (Å²) in [7, 11) is -8.92. The molecule has 2 aromatic carbocycles. The lowest BCUT2D eigenvalue weighted by atomic mass is 10.1. The van der Waals surface area contributed by atoms with Gasteiger partial charge in [0.05, 0.1) is 42.6 Å². The quantitative estimate of drug-likeness (QED) is 0.103. The molecule has 0 saturated heterocycles. The largest absolute Gasteiger partial charge is 0.313 e. The molecule has 2 aliphatic rings. The third-order valence-electron chi connectivity index (χ3n) is 9.19. The van der Waals surface area contributed by atoms with Gasteiger partial charge in [0.2, 0.25) is 0 Å². The van der Waals surface area contributed by atoms with E-state index < -0.39 is 31.9 Å². The molecule has 0 aliphatic heterocycles. The van der Waals surface area contributed by atoms with Crippen LogP contribution in [0.4, 0.5) is 8.78 Å². The van der Waals surface area contributed by atoms with Gasteiger partial charge in [-0.3, -0.25) is 9.11 Å². The fraction of sp³-hybridized carbons (Fsp3) is 0.139. The van der Waals surface area contributed by atoms with Crippen LogP contribution in [0.5, 0.6) is 0 Å². The molecule has 0 fully saturated rings. The maximum absolute atomic E-state index is 16.0. The highest BCUT2D eigenvalue weighted by molar-refractivity contribution is 7.88. The van der Waals surface area contributed by atoms with E-state index in [-0.39, 0.29) is 50.4 Å². The first kappa shape index (κ1) is 38.5. The van der Waals surface area contributed by atoms with Crippen LogP contribution in [-0.4, -0.2) is 40.3 Å². The molecular formula is C36H23Cl4F2N3O6S4. The monoisotopic (exact) mass is 899 g/mol. The Kier molecular flexibility index (Phi) is 9.97. The van der Waals surface area contributed by atoms with E-state index in [4.69, 9.17) is 46.4 Å². The second-order valence-electron chi connectivity index (χ2n) is 12.7. The molecule has 0 spiro atoms. The third-order valence-corrected chi connectivity index (χ3v) is 15.2. The number of thiophene rings is 2. The minimum atomic E-state index is -4.47. The topological polar surface area (TPSA) is 131 Å². The zero-order chi connectivity index (χ0) is 39.1. The minimum absolute atomic E-state index is 0.0435. The van der Waals surface area contributed by atoms with Crippen molar-refractivity contribution in [2.24, 2.45) is 0 Å². The molecule has 2 aliphatic carbocycles. The molecule has 284 valence electrons. The van der Waals surface area contributed by atoms with Gasteiger partial charge < -0.3 is 4.57 Å². The summed E-state index contributed by atoms with van der Waals surface area (Å²) in [4.78, 5) is 1.07. The molecule has 2 N–H and O–H groups in total. The molecule has 0 amide bonds. The number of rotatable bonds is 10. The van der Waals surface area contributed by atoms with E-state index in [0.29, 0.717) is 76.3 Å². The molecule has 8 rings (SSSR count). The number of aromatic nitrogens is 3. The fourth-order valence-electron chi connectivity index (χ4n) is 6.80. The predicted molar refractivity (Wildman–Crippen MR) is 213 cm³/mol. The first-order chi connectivity index (χ1) is 26.0. The lowest BCUT2D eigenvalue weighted by Crippen LogP contribution is -2.00. The van der Waals surface area contributed by atoms with Crippen molar-refractivity contribution < 1.29 is 34.7 Å². The second-order valence-corrected chi connectivity index (χ2v) is 19.8. The molecule has 19 heteroatoms. The van der Waals surface area contributed by atoms with E-state index in [9.17, 15) is 25.9 Å². The SMILES string of the molecule is O=S(=O)(O)c1cc2c(s1)-c1c(c(/C(F)=C/CCC/C=C(\F)c3nn(-c4ccc(Cl)cc4Cl)c4c3Cc3cc(S(=O)(=O)O)sc3-4)cn1-c1ccc(Cl)cc1Cl)C2.